The summed E-state index contributed by atoms with van der Waals surface area (Å²) in [6.07, 6.45) is 6.16. The van der Waals surface area contributed by atoms with Gasteiger partial charge >= 0.3 is 0 Å². The summed E-state index contributed by atoms with van der Waals surface area (Å²) in [5.41, 5.74) is 0.771. The zero-order valence-electron chi connectivity index (χ0n) is 7.32. The van der Waals surface area contributed by atoms with Crippen LogP contribution in [0, 0.1) is 5.92 Å². The first-order valence-corrected chi connectivity index (χ1v) is 4.51. The highest BCUT2D eigenvalue weighted by Crippen LogP contribution is 2.26. The lowest BCUT2D eigenvalue weighted by molar-refractivity contribution is -0.127. The van der Waals surface area contributed by atoms with Crippen molar-refractivity contribution >= 4 is 5.91 Å². The van der Waals surface area contributed by atoms with Crippen LogP contribution in [0.4, 0.5) is 0 Å². The Hall–Kier alpha value is -1.32. The molecular weight excluding hydrogens is 168 g/mol. The van der Waals surface area contributed by atoms with Gasteiger partial charge in [-0.1, -0.05) is 6.42 Å². The molecule has 1 aliphatic rings. The molecule has 13 heavy (non-hydrogen) atoms. The van der Waals surface area contributed by atoms with Crippen LogP contribution in [0.1, 0.15) is 25.0 Å². The molecule has 0 bridgehead atoms. The van der Waals surface area contributed by atoms with Gasteiger partial charge in [0.15, 0.2) is 6.39 Å². The molecule has 1 saturated carbocycles. The molecule has 0 radical (unpaired) electrons. The third kappa shape index (κ3) is 1.88. The number of rotatable bonds is 3. The molecule has 4 nitrogen and oxygen atoms in total. The van der Waals surface area contributed by atoms with Crippen LogP contribution in [0.25, 0.3) is 0 Å². The van der Waals surface area contributed by atoms with Gasteiger partial charge in [0.05, 0.1) is 12.2 Å². The van der Waals surface area contributed by atoms with Crippen LogP contribution in [-0.2, 0) is 11.3 Å². The van der Waals surface area contributed by atoms with E-state index in [9.17, 15) is 4.79 Å². The first kappa shape index (κ1) is 8.29. The average molecular weight is 180 g/mol. The van der Waals surface area contributed by atoms with Gasteiger partial charge in [0.2, 0.25) is 5.91 Å². The van der Waals surface area contributed by atoms with Gasteiger partial charge in [0, 0.05) is 5.92 Å². The van der Waals surface area contributed by atoms with Gasteiger partial charge < -0.3 is 9.73 Å². The molecule has 1 amide bonds. The summed E-state index contributed by atoms with van der Waals surface area (Å²) in [7, 11) is 0. The number of amides is 1. The van der Waals surface area contributed by atoms with Crippen molar-refractivity contribution in [2.24, 2.45) is 5.92 Å². The SMILES string of the molecule is O=C(NCc1cocn1)C1CCC1. The second kappa shape index (κ2) is 3.60. The van der Waals surface area contributed by atoms with Crippen LogP contribution in [0.2, 0.25) is 0 Å². The molecule has 70 valence electrons. The Morgan fingerprint density at radius 2 is 2.54 bits per heavy atom. The Morgan fingerprint density at radius 3 is 3.08 bits per heavy atom. The van der Waals surface area contributed by atoms with E-state index in [-0.39, 0.29) is 11.8 Å². The van der Waals surface area contributed by atoms with E-state index < -0.39 is 0 Å². The van der Waals surface area contributed by atoms with Crippen molar-refractivity contribution < 1.29 is 9.21 Å². The Kier molecular flexibility index (Phi) is 2.29. The quantitative estimate of drug-likeness (QED) is 0.757. The number of carbonyl (C=O) groups is 1. The highest BCUT2D eigenvalue weighted by molar-refractivity contribution is 5.79. The summed E-state index contributed by atoms with van der Waals surface area (Å²) in [5, 5.41) is 2.83. The van der Waals surface area contributed by atoms with Crippen LogP contribution in [0.15, 0.2) is 17.1 Å². The fourth-order valence-electron chi connectivity index (χ4n) is 1.32. The zero-order valence-corrected chi connectivity index (χ0v) is 7.32. The molecular formula is C9H12N2O2. The molecule has 1 aromatic heterocycles. The Morgan fingerprint density at radius 1 is 1.69 bits per heavy atom. The maximum absolute atomic E-state index is 11.4. The lowest BCUT2D eigenvalue weighted by atomic mass is 9.85. The topological polar surface area (TPSA) is 55.1 Å². The lowest BCUT2D eigenvalue weighted by Gasteiger charge is -2.23. The molecule has 0 saturated heterocycles. The van der Waals surface area contributed by atoms with Crippen molar-refractivity contribution in [2.75, 3.05) is 0 Å². The molecule has 1 fully saturated rings. The molecule has 0 atom stereocenters. The molecule has 2 rings (SSSR count). The molecule has 1 aromatic rings. The summed E-state index contributed by atoms with van der Waals surface area (Å²) in [4.78, 5) is 15.3. The molecule has 0 aliphatic heterocycles. The van der Waals surface area contributed by atoms with Crippen molar-refractivity contribution in [1.82, 2.24) is 10.3 Å². The Bertz CT molecular complexity index is 278. The van der Waals surface area contributed by atoms with Crippen molar-refractivity contribution in [3.8, 4) is 0 Å². The molecule has 1 heterocycles. The van der Waals surface area contributed by atoms with Gasteiger partial charge in [0.1, 0.15) is 6.26 Å². The van der Waals surface area contributed by atoms with Gasteiger partial charge in [-0.25, -0.2) is 4.98 Å². The Balaban J connectivity index is 1.76. The van der Waals surface area contributed by atoms with E-state index in [2.05, 4.69) is 10.3 Å². The predicted molar refractivity (Wildman–Crippen MR) is 45.7 cm³/mol. The maximum atomic E-state index is 11.4. The number of hydrogen-bond acceptors (Lipinski definition) is 3. The second-order valence-corrected chi connectivity index (χ2v) is 3.33. The molecule has 1 N–H and O–H groups in total. The number of nitrogens with zero attached hydrogens (tertiary/aromatic N) is 1. The largest absolute Gasteiger partial charge is 0.451 e. The van der Waals surface area contributed by atoms with E-state index in [1.54, 1.807) is 6.26 Å². The summed E-state index contributed by atoms with van der Waals surface area (Å²) >= 11 is 0. The van der Waals surface area contributed by atoms with Crippen LogP contribution < -0.4 is 5.32 Å². The van der Waals surface area contributed by atoms with Gasteiger partial charge in [-0.05, 0) is 12.8 Å². The Labute approximate surface area is 76.3 Å². The van der Waals surface area contributed by atoms with E-state index in [1.807, 2.05) is 0 Å². The van der Waals surface area contributed by atoms with Gasteiger partial charge in [-0.15, -0.1) is 0 Å². The minimum absolute atomic E-state index is 0.147. The third-order valence-corrected chi connectivity index (χ3v) is 2.40. The lowest BCUT2D eigenvalue weighted by Crippen LogP contribution is -2.34. The number of aromatic nitrogens is 1. The monoisotopic (exact) mass is 180 g/mol. The van der Waals surface area contributed by atoms with Crippen LogP contribution in [0.5, 0.6) is 0 Å². The second-order valence-electron chi connectivity index (χ2n) is 3.33. The van der Waals surface area contributed by atoms with Crippen molar-refractivity contribution in [1.29, 1.82) is 0 Å². The van der Waals surface area contributed by atoms with Crippen molar-refractivity contribution in [3.63, 3.8) is 0 Å². The van der Waals surface area contributed by atoms with Gasteiger partial charge in [0.25, 0.3) is 0 Å². The van der Waals surface area contributed by atoms with E-state index in [0.29, 0.717) is 6.54 Å². The fraction of sp³-hybridized carbons (Fsp3) is 0.556. The molecule has 0 unspecified atom stereocenters. The van der Waals surface area contributed by atoms with E-state index >= 15 is 0 Å². The number of carbonyl (C=O) groups excluding carboxylic acids is 1. The van der Waals surface area contributed by atoms with Crippen LogP contribution in [-0.4, -0.2) is 10.9 Å². The van der Waals surface area contributed by atoms with E-state index in [4.69, 9.17) is 4.42 Å². The maximum Gasteiger partial charge on any atom is 0.223 e. The van der Waals surface area contributed by atoms with Crippen molar-refractivity contribution in [3.05, 3.63) is 18.4 Å². The van der Waals surface area contributed by atoms with Gasteiger partial charge in [-0.3, -0.25) is 4.79 Å². The van der Waals surface area contributed by atoms with Crippen LogP contribution >= 0.6 is 0 Å². The first-order valence-electron chi connectivity index (χ1n) is 4.51. The highest BCUT2D eigenvalue weighted by atomic mass is 16.3. The smallest absolute Gasteiger partial charge is 0.223 e. The molecule has 1 aliphatic carbocycles. The number of oxazole rings is 1. The van der Waals surface area contributed by atoms with E-state index in [0.717, 1.165) is 18.5 Å². The van der Waals surface area contributed by atoms with Crippen LogP contribution in [0.3, 0.4) is 0 Å². The molecule has 0 aromatic carbocycles. The normalized spacial score (nSPS) is 16.6. The minimum atomic E-state index is 0.147. The standard InChI is InChI=1S/C9H12N2O2/c12-9(7-2-1-3-7)10-4-8-5-13-6-11-8/h5-7H,1-4H2,(H,10,12). The number of nitrogens with one attached hydrogen (secondary N) is 1. The summed E-state index contributed by atoms with van der Waals surface area (Å²) in [6.45, 7) is 0.478. The summed E-state index contributed by atoms with van der Waals surface area (Å²) in [6, 6.07) is 0. The minimum Gasteiger partial charge on any atom is -0.451 e. The predicted octanol–water partition coefficient (Wildman–Crippen LogP) is 1.09. The molecule has 0 spiro atoms. The van der Waals surface area contributed by atoms with Gasteiger partial charge in [-0.2, -0.15) is 0 Å². The fourth-order valence-corrected chi connectivity index (χ4v) is 1.32. The average Bonchev–Trinajstić information content (AvgIpc) is 2.49. The molecule has 4 heteroatoms. The number of hydrogen-bond donors (Lipinski definition) is 1. The third-order valence-electron chi connectivity index (χ3n) is 2.40. The first-order chi connectivity index (χ1) is 6.36. The summed E-state index contributed by atoms with van der Waals surface area (Å²) < 4.78 is 4.79. The van der Waals surface area contributed by atoms with Crippen molar-refractivity contribution in [2.45, 2.75) is 25.8 Å². The van der Waals surface area contributed by atoms with E-state index in [1.165, 1.54) is 12.8 Å². The zero-order chi connectivity index (χ0) is 9.10. The summed E-state index contributed by atoms with van der Waals surface area (Å²) in [5.74, 6) is 0.390. The highest BCUT2D eigenvalue weighted by Gasteiger charge is 2.24.